The van der Waals surface area contributed by atoms with Gasteiger partial charge in [-0.3, -0.25) is 0 Å². The highest BCUT2D eigenvalue weighted by Gasteiger charge is 2.15. The van der Waals surface area contributed by atoms with Crippen LogP contribution in [0.1, 0.15) is 23.7 Å². The predicted molar refractivity (Wildman–Crippen MR) is 92.3 cm³/mol. The summed E-state index contributed by atoms with van der Waals surface area (Å²) in [5, 5.41) is 3.20. The molecule has 0 heterocycles. The van der Waals surface area contributed by atoms with Crippen LogP contribution in [0, 0.1) is 10.5 Å². The average molecular weight is 381 g/mol. The van der Waals surface area contributed by atoms with Crippen LogP contribution in [0.2, 0.25) is 0 Å². The molecule has 0 unspecified atom stereocenters. The molecule has 0 radical (unpaired) electrons. The van der Waals surface area contributed by atoms with Gasteiger partial charge >= 0.3 is 0 Å². The molecule has 0 bridgehead atoms. The van der Waals surface area contributed by atoms with Gasteiger partial charge in [-0.1, -0.05) is 42.5 Å². The van der Waals surface area contributed by atoms with E-state index in [1.54, 1.807) is 0 Å². The van der Waals surface area contributed by atoms with Crippen molar-refractivity contribution in [3.63, 3.8) is 0 Å². The van der Waals surface area contributed by atoms with Crippen molar-refractivity contribution in [1.29, 1.82) is 0 Å². The zero-order valence-corrected chi connectivity index (χ0v) is 14.1. The van der Waals surface area contributed by atoms with Crippen molar-refractivity contribution in [2.45, 2.75) is 19.4 Å². The lowest BCUT2D eigenvalue weighted by Crippen LogP contribution is -2.17. The highest BCUT2D eigenvalue weighted by Crippen LogP contribution is 2.31. The molecule has 0 fully saturated rings. The van der Waals surface area contributed by atoms with E-state index in [1.807, 2.05) is 13.1 Å². The van der Waals surface area contributed by atoms with Gasteiger partial charge in [0, 0.05) is 6.42 Å². The van der Waals surface area contributed by atoms with Gasteiger partial charge in [-0.05, 0) is 60.3 Å². The van der Waals surface area contributed by atoms with Gasteiger partial charge in [-0.25, -0.2) is 0 Å². The third kappa shape index (κ3) is 3.96. The van der Waals surface area contributed by atoms with Crippen LogP contribution in [0.25, 0.3) is 0 Å². The molecule has 2 aromatic rings. The van der Waals surface area contributed by atoms with Gasteiger partial charge in [-0.2, -0.15) is 0 Å². The van der Waals surface area contributed by atoms with Crippen molar-refractivity contribution in [3.05, 3.63) is 63.2 Å². The number of benzene rings is 2. The van der Waals surface area contributed by atoms with E-state index in [-0.39, 0.29) is 6.10 Å². The van der Waals surface area contributed by atoms with Crippen LogP contribution >= 0.6 is 22.6 Å². The second-order valence-corrected chi connectivity index (χ2v) is 5.96. The first-order valence-corrected chi connectivity index (χ1v) is 7.91. The first-order valence-electron chi connectivity index (χ1n) is 6.83. The molecule has 0 amide bonds. The molecule has 3 heteroatoms. The third-order valence-electron chi connectivity index (χ3n) is 3.25. The number of para-hydroxylation sites is 1. The maximum atomic E-state index is 6.32. The van der Waals surface area contributed by atoms with Crippen molar-refractivity contribution in [3.8, 4) is 5.75 Å². The maximum absolute atomic E-state index is 6.32. The Hall–Kier alpha value is -1.07. The quantitative estimate of drug-likeness (QED) is 0.753. The lowest BCUT2D eigenvalue weighted by atomic mass is 10.1. The molecule has 0 saturated carbocycles. The van der Waals surface area contributed by atoms with E-state index in [0.29, 0.717) is 0 Å². The van der Waals surface area contributed by atoms with Crippen LogP contribution in [0.5, 0.6) is 5.75 Å². The van der Waals surface area contributed by atoms with Gasteiger partial charge in [0.1, 0.15) is 11.9 Å². The highest BCUT2D eigenvalue weighted by atomic mass is 127. The number of nitrogens with one attached hydrogen (secondary N) is 1. The van der Waals surface area contributed by atoms with Crippen LogP contribution in [-0.4, -0.2) is 13.6 Å². The van der Waals surface area contributed by atoms with Crippen molar-refractivity contribution in [2.24, 2.45) is 0 Å². The lowest BCUT2D eigenvalue weighted by Gasteiger charge is -2.21. The number of halogens is 1. The second-order valence-electron chi connectivity index (χ2n) is 4.80. The minimum absolute atomic E-state index is 0.0817. The Morgan fingerprint density at radius 1 is 1.10 bits per heavy atom. The average Bonchev–Trinajstić information content (AvgIpc) is 2.47. The summed E-state index contributed by atoms with van der Waals surface area (Å²) in [5.74, 6) is 0.998. The molecule has 2 nitrogen and oxygen atoms in total. The summed E-state index contributed by atoms with van der Waals surface area (Å²) in [5.41, 5.74) is 2.41. The fourth-order valence-corrected chi connectivity index (χ4v) is 2.91. The fraction of sp³-hybridized carbons (Fsp3) is 0.294. The van der Waals surface area contributed by atoms with E-state index in [9.17, 15) is 0 Å². The fourth-order valence-electron chi connectivity index (χ4n) is 2.14. The summed E-state index contributed by atoms with van der Waals surface area (Å²) in [6.45, 7) is 3.03. The van der Waals surface area contributed by atoms with Gasteiger partial charge in [0.25, 0.3) is 0 Å². The van der Waals surface area contributed by atoms with Gasteiger partial charge in [0.05, 0.1) is 3.57 Å². The van der Waals surface area contributed by atoms with Crippen LogP contribution in [0.4, 0.5) is 0 Å². The number of hydrogen-bond donors (Lipinski definition) is 1. The summed E-state index contributed by atoms with van der Waals surface area (Å²) in [4.78, 5) is 0. The van der Waals surface area contributed by atoms with Crippen LogP contribution < -0.4 is 10.1 Å². The number of ether oxygens (including phenoxy) is 1. The van der Waals surface area contributed by atoms with Crippen LogP contribution in [-0.2, 0) is 0 Å². The molecule has 0 aliphatic rings. The molecule has 2 rings (SSSR count). The van der Waals surface area contributed by atoms with Crippen LogP contribution in [0.15, 0.2) is 48.5 Å². The molecule has 20 heavy (non-hydrogen) atoms. The van der Waals surface area contributed by atoms with Gasteiger partial charge < -0.3 is 10.1 Å². The van der Waals surface area contributed by atoms with E-state index < -0.39 is 0 Å². The summed E-state index contributed by atoms with van der Waals surface area (Å²) < 4.78 is 7.48. The van der Waals surface area contributed by atoms with Crippen molar-refractivity contribution < 1.29 is 4.74 Å². The first kappa shape index (κ1) is 15.3. The Morgan fingerprint density at radius 2 is 1.85 bits per heavy atom. The number of hydrogen-bond acceptors (Lipinski definition) is 2. The van der Waals surface area contributed by atoms with Crippen LogP contribution in [0.3, 0.4) is 0 Å². The lowest BCUT2D eigenvalue weighted by molar-refractivity contribution is 0.192. The summed E-state index contributed by atoms with van der Waals surface area (Å²) >= 11 is 2.34. The topological polar surface area (TPSA) is 21.3 Å². The Morgan fingerprint density at radius 3 is 2.50 bits per heavy atom. The van der Waals surface area contributed by atoms with E-state index in [0.717, 1.165) is 22.3 Å². The number of aryl methyl sites for hydroxylation is 1. The molecule has 106 valence electrons. The first-order chi connectivity index (χ1) is 9.72. The summed E-state index contributed by atoms with van der Waals surface area (Å²) in [7, 11) is 1.97. The molecular formula is C17H20INO. The van der Waals surface area contributed by atoms with E-state index in [4.69, 9.17) is 4.74 Å². The van der Waals surface area contributed by atoms with Crippen molar-refractivity contribution >= 4 is 22.6 Å². The summed E-state index contributed by atoms with van der Waals surface area (Å²) in [6, 6.07) is 16.7. The Labute approximate surface area is 134 Å². The zero-order chi connectivity index (χ0) is 14.4. The van der Waals surface area contributed by atoms with Gasteiger partial charge in [0.15, 0.2) is 0 Å². The second kappa shape index (κ2) is 7.64. The Kier molecular flexibility index (Phi) is 5.86. The van der Waals surface area contributed by atoms with E-state index in [1.165, 1.54) is 11.1 Å². The van der Waals surface area contributed by atoms with Gasteiger partial charge in [0.2, 0.25) is 0 Å². The van der Waals surface area contributed by atoms with Crippen molar-refractivity contribution in [2.75, 3.05) is 13.6 Å². The number of rotatable bonds is 6. The molecular weight excluding hydrogens is 361 g/mol. The highest BCUT2D eigenvalue weighted by molar-refractivity contribution is 14.1. The molecule has 0 aliphatic heterocycles. The SMILES string of the molecule is CNCC[C@@H](Oc1c(C)cccc1I)c1ccccc1. The maximum Gasteiger partial charge on any atom is 0.136 e. The molecule has 0 spiro atoms. The third-order valence-corrected chi connectivity index (χ3v) is 4.10. The standard InChI is InChI=1S/C17H20INO/c1-13-7-6-10-15(18)17(13)20-16(11-12-19-2)14-8-4-3-5-9-14/h3-10,16,19H,11-12H2,1-2H3/t16-/m1/s1. The molecule has 0 aliphatic carbocycles. The smallest absolute Gasteiger partial charge is 0.136 e. The minimum atomic E-state index is 0.0817. The monoisotopic (exact) mass is 381 g/mol. The zero-order valence-electron chi connectivity index (χ0n) is 11.9. The molecule has 0 aromatic heterocycles. The predicted octanol–water partition coefficient (Wildman–Crippen LogP) is 4.33. The Bertz CT molecular complexity index is 522. The Balaban J connectivity index is 2.24. The summed E-state index contributed by atoms with van der Waals surface area (Å²) in [6.07, 6.45) is 1.03. The van der Waals surface area contributed by atoms with Gasteiger partial charge in [-0.15, -0.1) is 0 Å². The normalized spacial score (nSPS) is 12.2. The molecule has 1 atom stereocenters. The largest absolute Gasteiger partial charge is 0.484 e. The molecule has 1 N–H and O–H groups in total. The minimum Gasteiger partial charge on any atom is -0.484 e. The molecule has 0 saturated heterocycles. The van der Waals surface area contributed by atoms with E-state index >= 15 is 0 Å². The van der Waals surface area contributed by atoms with E-state index in [2.05, 4.69) is 77.3 Å². The molecule has 2 aromatic carbocycles. The van der Waals surface area contributed by atoms with Crippen molar-refractivity contribution in [1.82, 2.24) is 5.32 Å².